The highest BCUT2D eigenvalue weighted by Gasteiger charge is 2.24. The van der Waals surface area contributed by atoms with Crippen molar-refractivity contribution in [1.29, 1.82) is 0 Å². The van der Waals surface area contributed by atoms with Crippen molar-refractivity contribution in [2.45, 2.75) is 13.0 Å². The molecule has 2 nitrogen and oxygen atoms in total. The molecule has 0 N–H and O–H groups in total. The van der Waals surface area contributed by atoms with Crippen LogP contribution in [0.25, 0.3) is 5.57 Å². The number of benzene rings is 1. The fourth-order valence-electron chi connectivity index (χ4n) is 1.54. The van der Waals surface area contributed by atoms with Gasteiger partial charge in [-0.1, -0.05) is 29.3 Å². The van der Waals surface area contributed by atoms with Gasteiger partial charge in [0.2, 0.25) is 0 Å². The zero-order chi connectivity index (χ0) is 11.0. The van der Waals surface area contributed by atoms with Crippen molar-refractivity contribution in [1.82, 2.24) is 0 Å². The van der Waals surface area contributed by atoms with Gasteiger partial charge in [0.1, 0.15) is 6.10 Å². The van der Waals surface area contributed by atoms with Crippen molar-refractivity contribution < 1.29 is 9.53 Å². The first kappa shape index (κ1) is 10.5. The second-order valence-corrected chi connectivity index (χ2v) is 4.15. The highest BCUT2D eigenvalue weighted by molar-refractivity contribution is 6.35. The molecule has 0 saturated heterocycles. The van der Waals surface area contributed by atoms with Gasteiger partial charge in [-0.2, -0.15) is 0 Å². The van der Waals surface area contributed by atoms with Gasteiger partial charge < -0.3 is 4.74 Å². The molecule has 1 aromatic carbocycles. The van der Waals surface area contributed by atoms with Crippen LogP contribution in [0.1, 0.15) is 12.5 Å². The molecule has 4 heteroatoms. The first-order valence-corrected chi connectivity index (χ1v) is 5.21. The largest absolute Gasteiger partial charge is 0.455 e. The quantitative estimate of drug-likeness (QED) is 0.707. The molecule has 1 aliphatic rings. The van der Waals surface area contributed by atoms with Crippen LogP contribution in [0, 0.1) is 0 Å². The molecule has 15 heavy (non-hydrogen) atoms. The Labute approximate surface area is 97.4 Å². The van der Waals surface area contributed by atoms with Crippen LogP contribution < -0.4 is 0 Å². The molecule has 0 aromatic heterocycles. The highest BCUT2D eigenvalue weighted by Crippen LogP contribution is 2.32. The molecule has 0 bridgehead atoms. The van der Waals surface area contributed by atoms with E-state index < -0.39 is 0 Å². The van der Waals surface area contributed by atoms with Gasteiger partial charge in [-0.15, -0.1) is 0 Å². The van der Waals surface area contributed by atoms with Crippen LogP contribution in [0.3, 0.4) is 0 Å². The second kappa shape index (κ2) is 3.87. The normalized spacial score (nSPS) is 20.1. The van der Waals surface area contributed by atoms with Gasteiger partial charge in [-0.25, -0.2) is 4.79 Å². The minimum atomic E-state index is -0.330. The molecule has 78 valence electrons. The van der Waals surface area contributed by atoms with Gasteiger partial charge >= 0.3 is 5.97 Å². The minimum Gasteiger partial charge on any atom is -0.455 e. The molecule has 2 rings (SSSR count). The lowest BCUT2D eigenvalue weighted by Gasteiger charge is -2.10. The van der Waals surface area contributed by atoms with Gasteiger partial charge in [-0.3, -0.25) is 0 Å². The van der Waals surface area contributed by atoms with E-state index in [0.29, 0.717) is 10.0 Å². The molecule has 0 saturated carbocycles. The maximum atomic E-state index is 11.0. The first-order chi connectivity index (χ1) is 7.08. The van der Waals surface area contributed by atoms with Gasteiger partial charge in [0, 0.05) is 27.3 Å². The van der Waals surface area contributed by atoms with E-state index in [4.69, 9.17) is 27.9 Å². The summed E-state index contributed by atoms with van der Waals surface area (Å²) in [5, 5.41) is 1.10. The molecule has 0 aliphatic carbocycles. The van der Waals surface area contributed by atoms with Gasteiger partial charge in [0.05, 0.1) is 0 Å². The predicted octanol–water partition coefficient (Wildman–Crippen LogP) is 3.32. The van der Waals surface area contributed by atoms with Crippen molar-refractivity contribution in [3.63, 3.8) is 0 Å². The van der Waals surface area contributed by atoms with Crippen LogP contribution in [-0.4, -0.2) is 12.1 Å². The lowest BCUT2D eigenvalue weighted by molar-refractivity contribution is -0.137. The first-order valence-electron chi connectivity index (χ1n) is 4.45. The Morgan fingerprint density at radius 2 is 2.07 bits per heavy atom. The molecule has 0 fully saturated rings. The Morgan fingerprint density at radius 1 is 1.33 bits per heavy atom. The number of halogens is 2. The molecule has 1 aromatic rings. The van der Waals surface area contributed by atoms with Crippen molar-refractivity contribution in [2.24, 2.45) is 0 Å². The van der Waals surface area contributed by atoms with E-state index in [1.54, 1.807) is 18.2 Å². The number of hydrogen-bond donors (Lipinski definition) is 0. The van der Waals surface area contributed by atoms with Gasteiger partial charge in [0.15, 0.2) is 0 Å². The van der Waals surface area contributed by atoms with E-state index in [0.717, 1.165) is 11.1 Å². The fourth-order valence-corrected chi connectivity index (χ4v) is 2.05. The topological polar surface area (TPSA) is 26.3 Å². The molecule has 0 amide bonds. The van der Waals surface area contributed by atoms with Crippen molar-refractivity contribution in [3.8, 4) is 0 Å². The molecule has 1 heterocycles. The number of hydrogen-bond acceptors (Lipinski definition) is 2. The molecule has 1 atom stereocenters. The minimum absolute atomic E-state index is 0.254. The van der Waals surface area contributed by atoms with Crippen LogP contribution in [0.2, 0.25) is 10.0 Å². The Bertz CT molecular complexity index is 452. The number of ether oxygens (including phenoxy) is 1. The molecule has 0 spiro atoms. The van der Waals surface area contributed by atoms with Crippen LogP contribution in [-0.2, 0) is 9.53 Å². The molecular weight excluding hydrogens is 235 g/mol. The number of rotatable bonds is 1. The van der Waals surface area contributed by atoms with Crippen molar-refractivity contribution >= 4 is 34.7 Å². The third-order valence-corrected chi connectivity index (χ3v) is 2.79. The van der Waals surface area contributed by atoms with Crippen LogP contribution in [0.5, 0.6) is 0 Å². The smallest absolute Gasteiger partial charge is 0.331 e. The molecular formula is C11H8Cl2O2. The maximum Gasteiger partial charge on any atom is 0.331 e. The van der Waals surface area contributed by atoms with Crippen LogP contribution in [0.4, 0.5) is 0 Å². The molecule has 1 aliphatic heterocycles. The van der Waals surface area contributed by atoms with Crippen molar-refractivity contribution in [3.05, 3.63) is 39.9 Å². The van der Waals surface area contributed by atoms with E-state index in [-0.39, 0.29) is 12.1 Å². The summed E-state index contributed by atoms with van der Waals surface area (Å²) in [6.45, 7) is 1.81. The fraction of sp³-hybridized carbons (Fsp3) is 0.182. The predicted molar refractivity (Wildman–Crippen MR) is 60.0 cm³/mol. The summed E-state index contributed by atoms with van der Waals surface area (Å²) in [5.41, 5.74) is 1.58. The van der Waals surface area contributed by atoms with E-state index >= 15 is 0 Å². The number of carbonyl (C=O) groups excluding carboxylic acids is 1. The summed E-state index contributed by atoms with van der Waals surface area (Å²) >= 11 is 11.8. The van der Waals surface area contributed by atoms with E-state index in [9.17, 15) is 4.79 Å². The van der Waals surface area contributed by atoms with Crippen molar-refractivity contribution in [2.75, 3.05) is 0 Å². The molecule has 0 radical (unpaired) electrons. The second-order valence-electron chi connectivity index (χ2n) is 3.30. The average Bonchev–Trinajstić information content (AvgIpc) is 2.45. The Hall–Kier alpha value is -0.990. The highest BCUT2D eigenvalue weighted by atomic mass is 35.5. The summed E-state index contributed by atoms with van der Waals surface area (Å²) in [6.07, 6.45) is 1.20. The summed E-state index contributed by atoms with van der Waals surface area (Å²) in [6, 6.07) is 5.17. The number of carbonyl (C=O) groups is 1. The number of esters is 1. The van der Waals surface area contributed by atoms with E-state index in [1.807, 2.05) is 6.92 Å². The maximum absolute atomic E-state index is 11.0. The van der Waals surface area contributed by atoms with E-state index in [1.165, 1.54) is 6.08 Å². The van der Waals surface area contributed by atoms with Crippen LogP contribution >= 0.6 is 23.2 Å². The Balaban J connectivity index is 2.46. The van der Waals surface area contributed by atoms with E-state index in [2.05, 4.69) is 0 Å². The summed E-state index contributed by atoms with van der Waals surface area (Å²) in [4.78, 5) is 11.0. The SMILES string of the molecule is CC1OC(=O)C=C1c1ccc(Cl)cc1Cl. The lowest BCUT2D eigenvalue weighted by atomic mass is 10.0. The summed E-state index contributed by atoms with van der Waals surface area (Å²) < 4.78 is 4.99. The Kier molecular flexibility index (Phi) is 2.72. The number of cyclic esters (lactones) is 1. The van der Waals surface area contributed by atoms with Gasteiger partial charge in [0.25, 0.3) is 0 Å². The third-order valence-electron chi connectivity index (χ3n) is 2.25. The standard InChI is InChI=1S/C11H8Cl2O2/c1-6-9(5-11(14)15-6)8-3-2-7(12)4-10(8)13/h2-6H,1H3. The Morgan fingerprint density at radius 3 is 2.60 bits per heavy atom. The van der Waals surface area contributed by atoms with Gasteiger partial charge in [-0.05, 0) is 19.1 Å². The average molecular weight is 243 g/mol. The lowest BCUT2D eigenvalue weighted by Crippen LogP contribution is -2.05. The molecule has 1 unspecified atom stereocenters. The summed E-state index contributed by atoms with van der Waals surface area (Å²) in [5.74, 6) is -0.330. The van der Waals surface area contributed by atoms with Crippen LogP contribution in [0.15, 0.2) is 24.3 Å². The summed E-state index contributed by atoms with van der Waals surface area (Å²) in [7, 11) is 0. The monoisotopic (exact) mass is 242 g/mol. The zero-order valence-electron chi connectivity index (χ0n) is 7.96. The zero-order valence-corrected chi connectivity index (χ0v) is 9.47. The third kappa shape index (κ3) is 2.01.